The third kappa shape index (κ3) is 6.37. The van der Waals surface area contributed by atoms with Crippen molar-refractivity contribution in [1.82, 2.24) is 15.6 Å². The maximum atomic E-state index is 6.10. The molecule has 2 heterocycles. The third-order valence-electron chi connectivity index (χ3n) is 5.09. The maximum absolute atomic E-state index is 6.10. The highest BCUT2D eigenvalue weighted by molar-refractivity contribution is 5.80. The number of ether oxygens (including phenoxy) is 1. The Kier molecular flexibility index (Phi) is 7.19. The Morgan fingerprint density at radius 2 is 1.87 bits per heavy atom. The van der Waals surface area contributed by atoms with Gasteiger partial charge in [0.25, 0.3) is 0 Å². The van der Waals surface area contributed by atoms with E-state index in [1.807, 2.05) is 38.2 Å². The molecule has 6 heteroatoms. The molecule has 0 aliphatic carbocycles. The number of guanidine groups is 1. The summed E-state index contributed by atoms with van der Waals surface area (Å²) < 4.78 is 6.10. The molecule has 0 saturated carbocycles. The van der Waals surface area contributed by atoms with E-state index in [-0.39, 0.29) is 5.60 Å². The molecule has 0 spiro atoms. The lowest BCUT2D eigenvalue weighted by Crippen LogP contribution is -2.48. The Hall–Kier alpha value is -2.76. The smallest absolute Gasteiger partial charge is 0.191 e. The second-order valence-corrected chi connectivity index (χ2v) is 8.79. The molecule has 0 unspecified atom stereocenters. The van der Waals surface area contributed by atoms with E-state index >= 15 is 0 Å². The average Bonchev–Trinajstić information content (AvgIpc) is 2.71. The van der Waals surface area contributed by atoms with Gasteiger partial charge in [-0.3, -0.25) is 4.99 Å². The molecular weight excluding hydrogens is 374 g/mol. The lowest BCUT2D eigenvalue weighted by Gasteiger charge is -2.34. The zero-order chi connectivity index (χ0) is 21.6. The zero-order valence-electron chi connectivity index (χ0n) is 18.9. The largest absolute Gasteiger partial charge is 0.488 e. The number of aromatic nitrogens is 1. The van der Waals surface area contributed by atoms with E-state index in [4.69, 9.17) is 4.74 Å². The molecule has 1 fully saturated rings. The number of anilines is 1. The second kappa shape index (κ2) is 9.83. The molecule has 3 rings (SSSR count). The Balaban J connectivity index is 1.52. The van der Waals surface area contributed by atoms with Gasteiger partial charge in [0.1, 0.15) is 17.2 Å². The van der Waals surface area contributed by atoms with Crippen LogP contribution in [0.1, 0.15) is 44.9 Å². The number of aliphatic imine (C=N–C) groups is 1. The maximum Gasteiger partial charge on any atom is 0.191 e. The fraction of sp³-hybridized carbons (Fsp3) is 0.500. The highest BCUT2D eigenvalue weighted by Gasteiger charge is 2.21. The van der Waals surface area contributed by atoms with E-state index in [0.29, 0.717) is 12.6 Å². The summed E-state index contributed by atoms with van der Waals surface area (Å²) in [5.74, 6) is 2.81. The molecule has 6 nitrogen and oxygen atoms in total. The number of hydrogen-bond acceptors (Lipinski definition) is 4. The number of piperidine rings is 1. The number of aryl methyl sites for hydroxylation is 1. The molecular formula is C24H35N5O. The number of nitrogens with zero attached hydrogens (tertiary/aromatic N) is 3. The summed E-state index contributed by atoms with van der Waals surface area (Å²) in [5.41, 5.74) is 1.96. The Morgan fingerprint density at radius 1 is 1.13 bits per heavy atom. The van der Waals surface area contributed by atoms with Gasteiger partial charge >= 0.3 is 0 Å². The van der Waals surface area contributed by atoms with E-state index in [9.17, 15) is 0 Å². The molecule has 1 aromatic carbocycles. The average molecular weight is 410 g/mol. The van der Waals surface area contributed by atoms with Crippen LogP contribution in [-0.2, 0) is 6.54 Å². The minimum Gasteiger partial charge on any atom is -0.488 e. The lowest BCUT2D eigenvalue weighted by atomic mass is 10.1. The van der Waals surface area contributed by atoms with Gasteiger partial charge in [-0.25, -0.2) is 4.98 Å². The van der Waals surface area contributed by atoms with Gasteiger partial charge in [0, 0.05) is 44.0 Å². The molecule has 0 radical (unpaired) electrons. The van der Waals surface area contributed by atoms with E-state index < -0.39 is 0 Å². The summed E-state index contributed by atoms with van der Waals surface area (Å²) in [7, 11) is 1.82. The minimum atomic E-state index is -0.226. The van der Waals surface area contributed by atoms with Gasteiger partial charge in [-0.2, -0.15) is 0 Å². The first-order valence-corrected chi connectivity index (χ1v) is 10.8. The first-order valence-electron chi connectivity index (χ1n) is 10.8. The van der Waals surface area contributed by atoms with Crippen LogP contribution in [0.5, 0.6) is 5.75 Å². The van der Waals surface area contributed by atoms with Gasteiger partial charge in [-0.15, -0.1) is 0 Å². The van der Waals surface area contributed by atoms with Gasteiger partial charge < -0.3 is 20.3 Å². The van der Waals surface area contributed by atoms with Crippen LogP contribution < -0.4 is 20.3 Å². The Bertz CT molecular complexity index is 851. The van der Waals surface area contributed by atoms with Gasteiger partial charge in [0.05, 0.1) is 0 Å². The van der Waals surface area contributed by atoms with Crippen molar-refractivity contribution in [2.75, 3.05) is 25.0 Å². The monoisotopic (exact) mass is 409 g/mol. The van der Waals surface area contributed by atoms with E-state index in [2.05, 4.69) is 64.5 Å². The van der Waals surface area contributed by atoms with E-state index in [1.54, 1.807) is 0 Å². The van der Waals surface area contributed by atoms with Crippen LogP contribution >= 0.6 is 0 Å². The van der Waals surface area contributed by atoms with Crippen molar-refractivity contribution in [3.05, 3.63) is 53.7 Å². The summed E-state index contributed by atoms with van der Waals surface area (Å²) in [6, 6.07) is 14.8. The van der Waals surface area contributed by atoms with Gasteiger partial charge in [0.15, 0.2) is 5.96 Å². The van der Waals surface area contributed by atoms with Crippen LogP contribution in [0.3, 0.4) is 0 Å². The highest BCUT2D eigenvalue weighted by atomic mass is 16.5. The van der Waals surface area contributed by atoms with Crippen LogP contribution in [0.15, 0.2) is 47.5 Å². The van der Waals surface area contributed by atoms with E-state index in [1.165, 1.54) is 0 Å². The SMILES string of the molecule is CN=C(NCc1ccccc1OC(C)(C)C)NC1CCN(c2cccc(C)n2)CC1. The van der Waals surface area contributed by atoms with Gasteiger partial charge in [0.2, 0.25) is 0 Å². The molecule has 0 bridgehead atoms. The zero-order valence-corrected chi connectivity index (χ0v) is 18.9. The molecule has 30 heavy (non-hydrogen) atoms. The summed E-state index contributed by atoms with van der Waals surface area (Å²) >= 11 is 0. The molecule has 1 aromatic heterocycles. The first kappa shape index (κ1) is 21.9. The molecule has 1 saturated heterocycles. The Morgan fingerprint density at radius 3 is 2.53 bits per heavy atom. The number of pyridine rings is 1. The van der Waals surface area contributed by atoms with Gasteiger partial charge in [-0.05, 0) is 58.7 Å². The number of para-hydroxylation sites is 1. The fourth-order valence-electron chi connectivity index (χ4n) is 3.60. The third-order valence-corrected chi connectivity index (χ3v) is 5.09. The van der Waals surface area contributed by atoms with Crippen molar-refractivity contribution in [3.8, 4) is 5.75 Å². The van der Waals surface area contributed by atoms with Crippen molar-refractivity contribution in [2.45, 2.75) is 58.7 Å². The number of nitrogens with one attached hydrogen (secondary N) is 2. The number of hydrogen-bond donors (Lipinski definition) is 2. The van der Waals surface area contributed by atoms with E-state index in [0.717, 1.165) is 54.7 Å². The summed E-state index contributed by atoms with van der Waals surface area (Å²) in [6.07, 6.45) is 2.11. The van der Waals surface area contributed by atoms with Crippen molar-refractivity contribution in [1.29, 1.82) is 0 Å². The van der Waals surface area contributed by atoms with Crippen LogP contribution in [-0.4, -0.2) is 42.7 Å². The van der Waals surface area contributed by atoms with Crippen molar-refractivity contribution in [2.24, 2.45) is 4.99 Å². The first-order chi connectivity index (χ1) is 14.3. The lowest BCUT2D eigenvalue weighted by molar-refractivity contribution is 0.129. The van der Waals surface area contributed by atoms with Crippen LogP contribution in [0.25, 0.3) is 0 Å². The summed E-state index contributed by atoms with van der Waals surface area (Å²) in [6.45, 7) is 10.9. The molecule has 2 aromatic rings. The van der Waals surface area contributed by atoms with Crippen molar-refractivity contribution < 1.29 is 4.74 Å². The summed E-state index contributed by atoms with van der Waals surface area (Å²) in [4.78, 5) is 11.4. The standard InChI is InChI=1S/C24H35N5O/c1-18-9-8-12-22(27-18)29-15-13-20(14-16-29)28-23(25-5)26-17-19-10-6-7-11-21(19)30-24(2,3)4/h6-12,20H,13-17H2,1-5H3,(H2,25,26,28). The molecule has 2 N–H and O–H groups in total. The highest BCUT2D eigenvalue weighted by Crippen LogP contribution is 2.23. The topological polar surface area (TPSA) is 61.8 Å². The van der Waals surface area contributed by atoms with Crippen molar-refractivity contribution in [3.63, 3.8) is 0 Å². The number of benzene rings is 1. The number of rotatable bonds is 5. The predicted molar refractivity (Wildman–Crippen MR) is 124 cm³/mol. The fourth-order valence-corrected chi connectivity index (χ4v) is 3.60. The molecule has 162 valence electrons. The molecule has 0 atom stereocenters. The van der Waals surface area contributed by atoms with Crippen LogP contribution in [0, 0.1) is 6.92 Å². The Labute approximate surface area is 180 Å². The van der Waals surface area contributed by atoms with Gasteiger partial charge in [-0.1, -0.05) is 24.3 Å². The molecule has 1 aliphatic rings. The van der Waals surface area contributed by atoms with Crippen molar-refractivity contribution >= 4 is 11.8 Å². The minimum absolute atomic E-state index is 0.226. The van der Waals surface area contributed by atoms with Crippen LogP contribution in [0.2, 0.25) is 0 Å². The quantitative estimate of drug-likeness (QED) is 0.579. The van der Waals surface area contributed by atoms with Crippen LogP contribution in [0.4, 0.5) is 5.82 Å². The summed E-state index contributed by atoms with van der Waals surface area (Å²) in [5, 5.41) is 7.02. The normalized spacial score (nSPS) is 15.8. The second-order valence-electron chi connectivity index (χ2n) is 8.79. The molecule has 1 aliphatic heterocycles. The molecule has 0 amide bonds. The predicted octanol–water partition coefficient (Wildman–Crippen LogP) is 3.90.